The van der Waals surface area contributed by atoms with Crippen molar-refractivity contribution in [2.75, 3.05) is 6.61 Å². The van der Waals surface area contributed by atoms with Gasteiger partial charge in [-0.25, -0.2) is 0 Å². The molecule has 1 aromatic carbocycles. The first kappa shape index (κ1) is 9.07. The van der Waals surface area contributed by atoms with E-state index in [0.29, 0.717) is 6.61 Å². The highest BCUT2D eigenvalue weighted by molar-refractivity contribution is 5.31. The fourth-order valence-electron chi connectivity index (χ4n) is 0.940. The Hall–Kier alpha value is -1.02. The normalized spacial score (nSPS) is 12.6. The van der Waals surface area contributed by atoms with Gasteiger partial charge in [0.15, 0.2) is 0 Å². The zero-order chi connectivity index (χ0) is 8.97. The molecule has 0 aliphatic heterocycles. The first-order valence-corrected chi connectivity index (χ1v) is 4.14. The van der Waals surface area contributed by atoms with Gasteiger partial charge in [0.25, 0.3) is 0 Å². The van der Waals surface area contributed by atoms with Crippen LogP contribution in [0.2, 0.25) is 0 Å². The van der Waals surface area contributed by atoms with E-state index in [1.807, 2.05) is 38.1 Å². The number of nitrogens with two attached hydrogens (primary N) is 1. The number of benzene rings is 1. The fraction of sp³-hybridized carbons (Fsp3) is 0.400. The number of aryl methyl sites for hydroxylation is 1. The van der Waals surface area contributed by atoms with Crippen LogP contribution in [0.5, 0.6) is 5.75 Å². The Labute approximate surface area is 73.3 Å². The lowest BCUT2D eigenvalue weighted by atomic mass is 10.2. The average molecular weight is 165 g/mol. The molecule has 0 radical (unpaired) electrons. The molecule has 0 saturated carbocycles. The molecule has 1 aromatic rings. The van der Waals surface area contributed by atoms with E-state index >= 15 is 0 Å². The van der Waals surface area contributed by atoms with Crippen molar-refractivity contribution < 1.29 is 4.74 Å². The van der Waals surface area contributed by atoms with Crippen LogP contribution in [0.1, 0.15) is 12.5 Å². The molecule has 0 aliphatic rings. The summed E-state index contributed by atoms with van der Waals surface area (Å²) in [6.07, 6.45) is 0. The molecule has 0 saturated heterocycles. The number of rotatable bonds is 3. The predicted octanol–water partition coefficient (Wildman–Crippen LogP) is 1.72. The van der Waals surface area contributed by atoms with Crippen LogP contribution in [0.25, 0.3) is 0 Å². The standard InChI is InChI=1S/C10H15NO/c1-8-5-3-4-6-10(8)12-7-9(2)11/h3-6,9H,7,11H2,1-2H3/t9-/m0/s1. The first-order chi connectivity index (χ1) is 5.70. The van der Waals surface area contributed by atoms with E-state index in [4.69, 9.17) is 10.5 Å². The Kier molecular flexibility index (Phi) is 3.11. The van der Waals surface area contributed by atoms with Crippen LogP contribution in [0.3, 0.4) is 0 Å². The van der Waals surface area contributed by atoms with Crippen LogP contribution >= 0.6 is 0 Å². The molecule has 0 aliphatic carbocycles. The third-order valence-electron chi connectivity index (χ3n) is 1.60. The van der Waals surface area contributed by atoms with Crippen LogP contribution in [-0.2, 0) is 0 Å². The molecule has 0 aromatic heterocycles. The maximum atomic E-state index is 5.57. The SMILES string of the molecule is Cc1ccccc1OC[C@H](C)N. The topological polar surface area (TPSA) is 35.2 Å². The van der Waals surface area contributed by atoms with Crippen molar-refractivity contribution in [3.8, 4) is 5.75 Å². The molecule has 1 atom stereocenters. The highest BCUT2D eigenvalue weighted by atomic mass is 16.5. The zero-order valence-electron chi connectivity index (χ0n) is 7.58. The third kappa shape index (κ3) is 2.55. The predicted molar refractivity (Wildman–Crippen MR) is 50.3 cm³/mol. The van der Waals surface area contributed by atoms with E-state index in [1.165, 1.54) is 0 Å². The monoisotopic (exact) mass is 165 g/mol. The lowest BCUT2D eigenvalue weighted by Gasteiger charge is -2.10. The molecular weight excluding hydrogens is 150 g/mol. The Morgan fingerprint density at radius 3 is 2.67 bits per heavy atom. The van der Waals surface area contributed by atoms with Gasteiger partial charge in [-0.3, -0.25) is 0 Å². The molecule has 1 rings (SSSR count). The van der Waals surface area contributed by atoms with Crippen molar-refractivity contribution in [3.63, 3.8) is 0 Å². The summed E-state index contributed by atoms with van der Waals surface area (Å²) in [5.41, 5.74) is 6.72. The molecule has 0 heterocycles. The second-order valence-electron chi connectivity index (χ2n) is 3.05. The van der Waals surface area contributed by atoms with Gasteiger partial charge in [-0.2, -0.15) is 0 Å². The molecule has 2 N–H and O–H groups in total. The van der Waals surface area contributed by atoms with Crippen LogP contribution in [0.4, 0.5) is 0 Å². The number of ether oxygens (including phenoxy) is 1. The summed E-state index contributed by atoms with van der Waals surface area (Å²) >= 11 is 0. The van der Waals surface area contributed by atoms with Crippen molar-refractivity contribution in [1.29, 1.82) is 0 Å². The fourth-order valence-corrected chi connectivity index (χ4v) is 0.940. The van der Waals surface area contributed by atoms with E-state index in [9.17, 15) is 0 Å². The van der Waals surface area contributed by atoms with E-state index in [2.05, 4.69) is 0 Å². The van der Waals surface area contributed by atoms with Gasteiger partial charge in [-0.15, -0.1) is 0 Å². The number of para-hydroxylation sites is 1. The van der Waals surface area contributed by atoms with E-state index in [1.54, 1.807) is 0 Å². The first-order valence-electron chi connectivity index (χ1n) is 4.14. The summed E-state index contributed by atoms with van der Waals surface area (Å²) in [5.74, 6) is 0.926. The quantitative estimate of drug-likeness (QED) is 0.740. The molecular formula is C10H15NO. The number of hydrogen-bond donors (Lipinski definition) is 1. The highest BCUT2D eigenvalue weighted by Crippen LogP contribution is 2.15. The van der Waals surface area contributed by atoms with Crippen LogP contribution in [0.15, 0.2) is 24.3 Å². The van der Waals surface area contributed by atoms with Gasteiger partial charge in [-0.1, -0.05) is 18.2 Å². The Morgan fingerprint density at radius 2 is 2.08 bits per heavy atom. The van der Waals surface area contributed by atoms with Gasteiger partial charge in [0.1, 0.15) is 12.4 Å². The maximum Gasteiger partial charge on any atom is 0.122 e. The van der Waals surface area contributed by atoms with E-state index < -0.39 is 0 Å². The largest absolute Gasteiger partial charge is 0.492 e. The van der Waals surface area contributed by atoms with Crippen LogP contribution < -0.4 is 10.5 Å². The molecule has 2 heteroatoms. The Morgan fingerprint density at radius 1 is 1.42 bits per heavy atom. The Balaban J connectivity index is 2.57. The highest BCUT2D eigenvalue weighted by Gasteiger charge is 1.98. The second kappa shape index (κ2) is 4.12. The van der Waals surface area contributed by atoms with E-state index in [0.717, 1.165) is 11.3 Å². The van der Waals surface area contributed by atoms with Crippen molar-refractivity contribution in [2.24, 2.45) is 5.73 Å². The molecule has 0 fully saturated rings. The molecule has 0 unspecified atom stereocenters. The third-order valence-corrected chi connectivity index (χ3v) is 1.60. The second-order valence-corrected chi connectivity index (χ2v) is 3.05. The average Bonchev–Trinajstić information content (AvgIpc) is 2.03. The van der Waals surface area contributed by atoms with Crippen molar-refractivity contribution >= 4 is 0 Å². The lowest BCUT2D eigenvalue weighted by Crippen LogP contribution is -2.23. The summed E-state index contributed by atoms with van der Waals surface area (Å²) in [4.78, 5) is 0. The minimum absolute atomic E-state index is 0.0876. The van der Waals surface area contributed by atoms with Gasteiger partial charge in [0, 0.05) is 6.04 Å². The van der Waals surface area contributed by atoms with Gasteiger partial charge in [0.2, 0.25) is 0 Å². The molecule has 2 nitrogen and oxygen atoms in total. The smallest absolute Gasteiger partial charge is 0.122 e. The van der Waals surface area contributed by atoms with Crippen molar-refractivity contribution in [1.82, 2.24) is 0 Å². The molecule has 66 valence electrons. The van der Waals surface area contributed by atoms with Gasteiger partial charge >= 0.3 is 0 Å². The number of hydrogen-bond acceptors (Lipinski definition) is 2. The minimum Gasteiger partial charge on any atom is -0.492 e. The Bertz CT molecular complexity index is 245. The van der Waals surface area contributed by atoms with Crippen molar-refractivity contribution in [3.05, 3.63) is 29.8 Å². The minimum atomic E-state index is 0.0876. The summed E-state index contributed by atoms with van der Waals surface area (Å²) in [7, 11) is 0. The molecule has 12 heavy (non-hydrogen) atoms. The lowest BCUT2D eigenvalue weighted by molar-refractivity contribution is 0.294. The van der Waals surface area contributed by atoms with Crippen molar-refractivity contribution in [2.45, 2.75) is 19.9 Å². The van der Waals surface area contributed by atoms with Crippen LogP contribution in [-0.4, -0.2) is 12.6 Å². The maximum absolute atomic E-state index is 5.57. The molecule has 0 amide bonds. The van der Waals surface area contributed by atoms with E-state index in [-0.39, 0.29) is 6.04 Å². The molecule has 0 spiro atoms. The summed E-state index contributed by atoms with van der Waals surface area (Å²) in [6, 6.07) is 8.02. The van der Waals surface area contributed by atoms with Crippen LogP contribution in [0, 0.1) is 6.92 Å². The van der Waals surface area contributed by atoms with Gasteiger partial charge in [-0.05, 0) is 25.5 Å². The summed E-state index contributed by atoms with van der Waals surface area (Å²) in [5, 5.41) is 0. The zero-order valence-corrected chi connectivity index (χ0v) is 7.58. The molecule has 0 bridgehead atoms. The van der Waals surface area contributed by atoms with Gasteiger partial charge < -0.3 is 10.5 Å². The van der Waals surface area contributed by atoms with Gasteiger partial charge in [0.05, 0.1) is 0 Å². The summed E-state index contributed by atoms with van der Waals surface area (Å²) in [6.45, 7) is 4.53. The summed E-state index contributed by atoms with van der Waals surface area (Å²) < 4.78 is 5.47.